The van der Waals surface area contributed by atoms with Crippen LogP contribution in [0.4, 0.5) is 0 Å². The molecule has 0 aliphatic rings. The Labute approximate surface area is 153 Å². The molecule has 0 saturated heterocycles. The predicted octanol–water partition coefficient (Wildman–Crippen LogP) is 5.20. The van der Waals surface area contributed by atoms with Crippen molar-refractivity contribution < 1.29 is 4.42 Å². The van der Waals surface area contributed by atoms with Gasteiger partial charge in [-0.05, 0) is 29.5 Å². The Balaban J connectivity index is 1.81. The predicted molar refractivity (Wildman–Crippen MR) is 105 cm³/mol. The maximum Gasteiger partial charge on any atom is 0.159 e. The molecule has 0 unspecified atom stereocenters. The summed E-state index contributed by atoms with van der Waals surface area (Å²) in [5.74, 6) is 0.880. The SMILES string of the molecule is CSC(=NCc1ccco1)N(Cc1ccccc1)Cc1ccccc1. The maximum atomic E-state index is 5.41. The van der Waals surface area contributed by atoms with Gasteiger partial charge in [0.15, 0.2) is 5.17 Å². The number of amidine groups is 1. The van der Waals surface area contributed by atoms with Crippen molar-refractivity contribution in [3.8, 4) is 0 Å². The summed E-state index contributed by atoms with van der Waals surface area (Å²) in [4.78, 5) is 7.11. The molecule has 4 heteroatoms. The standard InChI is InChI=1S/C21H22N2OS/c1-25-21(22-15-20-13-8-14-24-20)23(16-18-9-4-2-5-10-18)17-19-11-6-3-7-12-19/h2-14H,15-17H2,1H3. The molecule has 2 aromatic carbocycles. The van der Waals surface area contributed by atoms with Gasteiger partial charge in [-0.3, -0.25) is 4.99 Å². The van der Waals surface area contributed by atoms with Crippen LogP contribution in [0.15, 0.2) is 88.5 Å². The highest BCUT2D eigenvalue weighted by Crippen LogP contribution is 2.16. The minimum Gasteiger partial charge on any atom is -0.467 e. The highest BCUT2D eigenvalue weighted by atomic mass is 32.2. The molecule has 0 aliphatic heterocycles. The Morgan fingerprint density at radius 3 is 1.96 bits per heavy atom. The molecule has 3 nitrogen and oxygen atoms in total. The van der Waals surface area contributed by atoms with Crippen LogP contribution in [0, 0.1) is 0 Å². The number of nitrogens with zero attached hydrogens (tertiary/aromatic N) is 2. The fourth-order valence-corrected chi connectivity index (χ4v) is 3.22. The summed E-state index contributed by atoms with van der Waals surface area (Å²) >= 11 is 1.67. The Bertz CT molecular complexity index is 729. The third kappa shape index (κ3) is 5.26. The highest BCUT2D eigenvalue weighted by molar-refractivity contribution is 8.13. The van der Waals surface area contributed by atoms with Crippen LogP contribution < -0.4 is 0 Å². The minimum absolute atomic E-state index is 0.559. The second-order valence-electron chi connectivity index (χ2n) is 5.71. The first-order valence-corrected chi connectivity index (χ1v) is 9.51. The van der Waals surface area contributed by atoms with E-state index in [1.165, 1.54) is 11.1 Å². The number of furan rings is 1. The topological polar surface area (TPSA) is 28.7 Å². The fraction of sp³-hybridized carbons (Fsp3) is 0.190. The second kappa shape index (κ2) is 9.14. The molecule has 0 fully saturated rings. The smallest absolute Gasteiger partial charge is 0.159 e. The van der Waals surface area contributed by atoms with Crippen molar-refractivity contribution in [3.05, 3.63) is 95.9 Å². The third-order valence-corrected chi connectivity index (χ3v) is 4.59. The number of hydrogen-bond acceptors (Lipinski definition) is 3. The highest BCUT2D eigenvalue weighted by Gasteiger charge is 2.12. The van der Waals surface area contributed by atoms with E-state index in [0.717, 1.165) is 24.0 Å². The van der Waals surface area contributed by atoms with Crippen LogP contribution in [0.3, 0.4) is 0 Å². The lowest BCUT2D eigenvalue weighted by Gasteiger charge is -2.25. The number of rotatable bonds is 6. The fourth-order valence-electron chi connectivity index (χ4n) is 2.64. The van der Waals surface area contributed by atoms with Gasteiger partial charge in [-0.2, -0.15) is 0 Å². The molecule has 1 aromatic heterocycles. The van der Waals surface area contributed by atoms with Crippen molar-refractivity contribution >= 4 is 16.9 Å². The van der Waals surface area contributed by atoms with Crippen molar-refractivity contribution in [1.82, 2.24) is 4.90 Å². The molecule has 0 radical (unpaired) electrons. The van der Waals surface area contributed by atoms with E-state index in [9.17, 15) is 0 Å². The number of thioether (sulfide) groups is 1. The average molecular weight is 350 g/mol. The molecule has 25 heavy (non-hydrogen) atoms. The molecule has 3 aromatic rings. The molecule has 0 amide bonds. The Morgan fingerprint density at radius 2 is 1.48 bits per heavy atom. The van der Waals surface area contributed by atoms with Gasteiger partial charge >= 0.3 is 0 Å². The van der Waals surface area contributed by atoms with Crippen LogP contribution >= 0.6 is 11.8 Å². The summed E-state index contributed by atoms with van der Waals surface area (Å²) in [6.07, 6.45) is 3.76. The first-order chi connectivity index (χ1) is 12.3. The maximum absolute atomic E-state index is 5.41. The summed E-state index contributed by atoms with van der Waals surface area (Å²) in [6.45, 7) is 2.21. The lowest BCUT2D eigenvalue weighted by atomic mass is 10.2. The van der Waals surface area contributed by atoms with E-state index in [1.807, 2.05) is 24.3 Å². The van der Waals surface area contributed by atoms with E-state index in [1.54, 1.807) is 18.0 Å². The Hall–Kier alpha value is -2.46. The lowest BCUT2D eigenvalue weighted by molar-refractivity contribution is 0.412. The van der Waals surface area contributed by atoms with Gasteiger partial charge in [-0.15, -0.1) is 0 Å². The van der Waals surface area contributed by atoms with E-state index < -0.39 is 0 Å². The molecule has 128 valence electrons. The molecule has 0 bridgehead atoms. The van der Waals surface area contributed by atoms with E-state index in [2.05, 4.69) is 59.7 Å². The zero-order valence-corrected chi connectivity index (χ0v) is 15.2. The molecular formula is C21H22N2OS. The zero-order chi connectivity index (χ0) is 17.3. The first kappa shape index (κ1) is 17.4. The zero-order valence-electron chi connectivity index (χ0n) is 14.3. The van der Waals surface area contributed by atoms with Crippen LogP contribution in [-0.2, 0) is 19.6 Å². The molecule has 0 saturated carbocycles. The molecule has 0 N–H and O–H groups in total. The first-order valence-electron chi connectivity index (χ1n) is 8.29. The van der Waals surface area contributed by atoms with Gasteiger partial charge in [0, 0.05) is 13.1 Å². The summed E-state index contributed by atoms with van der Waals surface area (Å²) in [5, 5.41) is 1.02. The van der Waals surface area contributed by atoms with Gasteiger partial charge in [0.1, 0.15) is 5.76 Å². The molecule has 0 aliphatic carbocycles. The minimum atomic E-state index is 0.559. The van der Waals surface area contributed by atoms with Crippen molar-refractivity contribution in [2.45, 2.75) is 19.6 Å². The van der Waals surface area contributed by atoms with Gasteiger partial charge in [0.05, 0.1) is 12.8 Å². The molecule has 0 atom stereocenters. The quantitative estimate of drug-likeness (QED) is 0.452. The van der Waals surface area contributed by atoms with Crippen LogP contribution in [-0.4, -0.2) is 16.3 Å². The third-order valence-electron chi connectivity index (χ3n) is 3.84. The monoisotopic (exact) mass is 350 g/mol. The summed E-state index contributed by atoms with van der Waals surface area (Å²) < 4.78 is 5.41. The van der Waals surface area contributed by atoms with Crippen molar-refractivity contribution in [2.75, 3.05) is 6.26 Å². The van der Waals surface area contributed by atoms with Crippen LogP contribution in [0.1, 0.15) is 16.9 Å². The Kier molecular flexibility index (Phi) is 6.35. The molecule has 3 rings (SSSR count). The van der Waals surface area contributed by atoms with Crippen molar-refractivity contribution in [2.24, 2.45) is 4.99 Å². The average Bonchev–Trinajstić information content (AvgIpc) is 3.17. The summed E-state index contributed by atoms with van der Waals surface area (Å²) in [7, 11) is 0. The second-order valence-corrected chi connectivity index (χ2v) is 6.48. The van der Waals surface area contributed by atoms with Crippen molar-refractivity contribution in [1.29, 1.82) is 0 Å². The van der Waals surface area contributed by atoms with Gasteiger partial charge < -0.3 is 9.32 Å². The van der Waals surface area contributed by atoms with Crippen molar-refractivity contribution in [3.63, 3.8) is 0 Å². The van der Waals surface area contributed by atoms with Crippen LogP contribution in [0.5, 0.6) is 0 Å². The van der Waals surface area contributed by atoms with E-state index in [-0.39, 0.29) is 0 Å². The molecular weight excluding hydrogens is 328 g/mol. The van der Waals surface area contributed by atoms with Crippen LogP contribution in [0.25, 0.3) is 0 Å². The lowest BCUT2D eigenvalue weighted by Crippen LogP contribution is -2.28. The van der Waals surface area contributed by atoms with E-state index in [4.69, 9.17) is 9.41 Å². The molecule has 0 spiro atoms. The van der Waals surface area contributed by atoms with Gasteiger partial charge in [0.2, 0.25) is 0 Å². The number of hydrogen-bond donors (Lipinski definition) is 0. The number of benzene rings is 2. The summed E-state index contributed by atoms with van der Waals surface area (Å²) in [6, 6.07) is 24.9. The number of aliphatic imine (C=N–C) groups is 1. The summed E-state index contributed by atoms with van der Waals surface area (Å²) in [5.41, 5.74) is 2.55. The van der Waals surface area contributed by atoms with Gasteiger partial charge in [0.25, 0.3) is 0 Å². The molecule has 1 heterocycles. The Morgan fingerprint density at radius 1 is 0.880 bits per heavy atom. The normalized spacial score (nSPS) is 11.5. The van der Waals surface area contributed by atoms with Crippen LogP contribution in [0.2, 0.25) is 0 Å². The van der Waals surface area contributed by atoms with Gasteiger partial charge in [-0.25, -0.2) is 0 Å². The van der Waals surface area contributed by atoms with E-state index in [0.29, 0.717) is 6.54 Å². The largest absolute Gasteiger partial charge is 0.467 e. The van der Waals surface area contributed by atoms with E-state index >= 15 is 0 Å². The van der Waals surface area contributed by atoms with Gasteiger partial charge in [-0.1, -0.05) is 72.4 Å².